The molecule has 3 aromatic rings. The second-order valence-electron chi connectivity index (χ2n) is 7.35. The van der Waals surface area contributed by atoms with Crippen LogP contribution in [0, 0.1) is 11.3 Å². The quantitative estimate of drug-likeness (QED) is 0.633. The smallest absolute Gasteiger partial charge is 0.266 e. The van der Waals surface area contributed by atoms with Gasteiger partial charge >= 0.3 is 0 Å². The minimum absolute atomic E-state index is 0.318. The van der Waals surface area contributed by atoms with E-state index in [-0.39, 0.29) is 0 Å². The van der Waals surface area contributed by atoms with Gasteiger partial charge < -0.3 is 10.0 Å². The fourth-order valence-corrected chi connectivity index (χ4v) is 4.39. The summed E-state index contributed by atoms with van der Waals surface area (Å²) in [4.78, 5) is 15.2. The van der Waals surface area contributed by atoms with Gasteiger partial charge in [0.05, 0.1) is 18.3 Å². The van der Waals surface area contributed by atoms with E-state index in [1.54, 1.807) is 42.2 Å². The van der Waals surface area contributed by atoms with Gasteiger partial charge in [-0.2, -0.15) is 5.26 Å². The normalized spacial score (nSPS) is 20.1. The van der Waals surface area contributed by atoms with Gasteiger partial charge in [-0.05, 0) is 36.2 Å². The Hall–Kier alpha value is -2.94. The minimum atomic E-state index is -2.01. The Morgan fingerprint density at radius 3 is 2.45 bits per heavy atom. The van der Waals surface area contributed by atoms with Crippen LogP contribution in [0.1, 0.15) is 23.6 Å². The van der Waals surface area contributed by atoms with Crippen LogP contribution in [0.15, 0.2) is 83.3 Å². The Balaban J connectivity index is 1.89. The zero-order valence-electron chi connectivity index (χ0n) is 15.8. The fourth-order valence-electron chi connectivity index (χ4n) is 3.99. The van der Waals surface area contributed by atoms with Crippen molar-refractivity contribution in [2.24, 2.45) is 0 Å². The van der Waals surface area contributed by atoms with Crippen molar-refractivity contribution in [3.05, 3.63) is 100 Å². The maximum absolute atomic E-state index is 13.7. The molecule has 1 heterocycles. The largest absolute Gasteiger partial charge is 0.374 e. The number of anilines is 1. The van der Waals surface area contributed by atoms with Crippen LogP contribution in [0.2, 0.25) is 0 Å². The molecule has 0 bridgehead atoms. The van der Waals surface area contributed by atoms with Gasteiger partial charge in [0.25, 0.3) is 5.91 Å². The summed E-state index contributed by atoms with van der Waals surface area (Å²) in [6, 6.07) is 26.2. The molecule has 144 valence electrons. The molecular weight excluding hydrogens is 428 g/mol. The van der Waals surface area contributed by atoms with E-state index in [0.29, 0.717) is 23.4 Å². The highest BCUT2D eigenvalue weighted by Gasteiger charge is 2.62. The summed E-state index contributed by atoms with van der Waals surface area (Å²) in [5, 5.41) is 22.1. The zero-order chi connectivity index (χ0) is 20.6. The lowest BCUT2D eigenvalue weighted by molar-refractivity contribution is -0.141. The Kier molecular flexibility index (Phi) is 4.77. The summed E-state index contributed by atoms with van der Waals surface area (Å²) >= 11 is 3.43. The first-order chi connectivity index (χ1) is 13.9. The first-order valence-electron chi connectivity index (χ1n) is 9.27. The van der Waals surface area contributed by atoms with Crippen LogP contribution >= 0.6 is 15.9 Å². The van der Waals surface area contributed by atoms with Crippen LogP contribution in [0.25, 0.3) is 0 Å². The van der Waals surface area contributed by atoms with E-state index < -0.39 is 16.9 Å². The summed E-state index contributed by atoms with van der Waals surface area (Å²) in [6.45, 7) is 1.94. The molecule has 0 radical (unpaired) electrons. The highest BCUT2D eigenvalue weighted by molar-refractivity contribution is 9.10. The second-order valence-corrected chi connectivity index (χ2v) is 8.27. The molecule has 0 saturated carbocycles. The molecule has 4 nitrogen and oxygen atoms in total. The molecule has 2 atom stereocenters. The molecule has 1 N–H and O–H groups in total. The van der Waals surface area contributed by atoms with Crippen LogP contribution in [-0.4, -0.2) is 11.0 Å². The lowest BCUT2D eigenvalue weighted by atomic mass is 9.67. The van der Waals surface area contributed by atoms with Crippen molar-refractivity contribution >= 4 is 27.5 Å². The molecule has 1 amide bonds. The van der Waals surface area contributed by atoms with Crippen molar-refractivity contribution in [3.63, 3.8) is 0 Å². The van der Waals surface area contributed by atoms with Crippen molar-refractivity contribution in [2.75, 3.05) is 4.90 Å². The molecule has 0 aromatic heterocycles. The number of para-hydroxylation sites is 1. The third-order valence-corrected chi connectivity index (χ3v) is 6.17. The zero-order valence-corrected chi connectivity index (χ0v) is 17.4. The number of hydrogen-bond donors (Lipinski definition) is 1. The Bertz CT molecular complexity index is 1120. The van der Waals surface area contributed by atoms with Crippen molar-refractivity contribution in [3.8, 4) is 6.07 Å². The van der Waals surface area contributed by atoms with E-state index in [0.717, 1.165) is 10.0 Å². The van der Waals surface area contributed by atoms with Crippen LogP contribution in [-0.2, 0) is 22.4 Å². The van der Waals surface area contributed by atoms with Crippen molar-refractivity contribution < 1.29 is 9.90 Å². The number of nitrogens with zero attached hydrogens (tertiary/aromatic N) is 2. The SMILES string of the molecule is C[C@](C#N)(c1cccc(Br)c1)[C@]1(O)C(=O)N(Cc2ccccc2)c2ccccc21. The number of aliphatic hydroxyl groups is 1. The van der Waals surface area contributed by atoms with E-state index >= 15 is 0 Å². The van der Waals surface area contributed by atoms with Gasteiger partial charge in [-0.3, -0.25) is 4.79 Å². The van der Waals surface area contributed by atoms with Crippen molar-refractivity contribution in [1.82, 2.24) is 0 Å². The van der Waals surface area contributed by atoms with E-state index in [1.807, 2.05) is 48.5 Å². The third kappa shape index (κ3) is 2.88. The summed E-state index contributed by atoms with van der Waals surface area (Å²) < 4.78 is 0.778. The lowest BCUT2D eigenvalue weighted by Gasteiger charge is -2.36. The molecule has 1 aliphatic rings. The Labute approximate surface area is 178 Å². The van der Waals surface area contributed by atoms with Crippen LogP contribution < -0.4 is 4.90 Å². The standard InChI is InChI=1S/C24H19BrN2O2/c1-23(16-26,18-10-7-11-19(25)14-18)24(29)20-12-5-6-13-21(20)27(22(24)28)15-17-8-3-2-4-9-17/h2-14,29H,15H2,1H3/t23-,24+/m0/s1. The van der Waals surface area contributed by atoms with Crippen LogP contribution in [0.4, 0.5) is 5.69 Å². The van der Waals surface area contributed by atoms with Gasteiger partial charge in [-0.25, -0.2) is 0 Å². The molecule has 0 aliphatic carbocycles. The predicted octanol–water partition coefficient (Wildman–Crippen LogP) is 4.66. The van der Waals surface area contributed by atoms with E-state index in [1.165, 1.54) is 0 Å². The second kappa shape index (κ2) is 7.14. The monoisotopic (exact) mass is 446 g/mol. The van der Waals surface area contributed by atoms with E-state index in [9.17, 15) is 15.2 Å². The van der Waals surface area contributed by atoms with Gasteiger partial charge in [0.1, 0.15) is 5.41 Å². The highest BCUT2D eigenvalue weighted by atomic mass is 79.9. The van der Waals surface area contributed by atoms with Crippen molar-refractivity contribution in [2.45, 2.75) is 24.5 Å². The number of carbonyl (C=O) groups is 1. The number of rotatable bonds is 4. The number of hydrogen-bond acceptors (Lipinski definition) is 3. The first kappa shape index (κ1) is 19.4. The predicted molar refractivity (Wildman–Crippen MR) is 115 cm³/mol. The van der Waals surface area contributed by atoms with Gasteiger partial charge in [-0.15, -0.1) is 0 Å². The van der Waals surface area contributed by atoms with Gasteiger partial charge in [-0.1, -0.05) is 76.6 Å². The summed E-state index contributed by atoms with van der Waals surface area (Å²) in [5.41, 5.74) is -0.892. The number of halogens is 1. The number of fused-ring (bicyclic) bond motifs is 1. The molecule has 3 aromatic carbocycles. The number of amides is 1. The summed E-state index contributed by atoms with van der Waals surface area (Å²) in [5.74, 6) is -0.494. The van der Waals surface area contributed by atoms with Crippen LogP contribution in [0.3, 0.4) is 0 Å². The minimum Gasteiger partial charge on any atom is -0.374 e. The average molecular weight is 447 g/mol. The van der Waals surface area contributed by atoms with Gasteiger partial charge in [0.15, 0.2) is 5.60 Å². The molecule has 29 heavy (non-hydrogen) atoms. The number of benzene rings is 3. The first-order valence-corrected chi connectivity index (χ1v) is 10.1. The number of nitriles is 1. The maximum Gasteiger partial charge on any atom is 0.266 e. The number of carbonyl (C=O) groups excluding carboxylic acids is 1. The van der Waals surface area contributed by atoms with E-state index in [4.69, 9.17) is 0 Å². The molecule has 0 spiro atoms. The molecule has 0 saturated heterocycles. The lowest BCUT2D eigenvalue weighted by Crippen LogP contribution is -2.53. The van der Waals surface area contributed by atoms with Gasteiger partial charge in [0, 0.05) is 10.0 Å². The average Bonchev–Trinajstić information content (AvgIpc) is 2.97. The fraction of sp³-hybridized carbons (Fsp3) is 0.167. The molecular formula is C24H19BrN2O2. The Morgan fingerprint density at radius 1 is 1.07 bits per heavy atom. The maximum atomic E-state index is 13.7. The van der Waals surface area contributed by atoms with Gasteiger partial charge in [0.2, 0.25) is 0 Å². The molecule has 5 heteroatoms. The molecule has 0 unspecified atom stereocenters. The van der Waals surface area contributed by atoms with Crippen LogP contribution in [0.5, 0.6) is 0 Å². The molecule has 4 rings (SSSR count). The third-order valence-electron chi connectivity index (χ3n) is 5.67. The van der Waals surface area contributed by atoms with E-state index in [2.05, 4.69) is 22.0 Å². The highest BCUT2D eigenvalue weighted by Crippen LogP contribution is 2.51. The summed E-state index contributed by atoms with van der Waals surface area (Å²) in [7, 11) is 0. The topological polar surface area (TPSA) is 64.3 Å². The molecule has 1 aliphatic heterocycles. The summed E-state index contributed by atoms with van der Waals surface area (Å²) in [6.07, 6.45) is 0. The van der Waals surface area contributed by atoms with Crippen molar-refractivity contribution in [1.29, 1.82) is 5.26 Å². The Morgan fingerprint density at radius 2 is 1.76 bits per heavy atom. The molecule has 0 fully saturated rings.